The molecule has 0 bridgehead atoms. The molecule has 2 rings (SSSR count). The lowest BCUT2D eigenvalue weighted by Gasteiger charge is -2.30. The van der Waals surface area contributed by atoms with Crippen molar-refractivity contribution >= 4 is 21.9 Å². The highest BCUT2D eigenvalue weighted by molar-refractivity contribution is 9.11. The number of hydrogen-bond donors (Lipinski definition) is 0. The average molecular weight is 381 g/mol. The molecule has 23 heavy (non-hydrogen) atoms. The van der Waals surface area contributed by atoms with Gasteiger partial charge >= 0.3 is 5.97 Å². The summed E-state index contributed by atoms with van der Waals surface area (Å²) in [6.07, 6.45) is 4.02. The van der Waals surface area contributed by atoms with Crippen LogP contribution in [-0.2, 0) is 20.7 Å². The average Bonchev–Trinajstić information content (AvgIpc) is 2.57. The first-order chi connectivity index (χ1) is 11.1. The van der Waals surface area contributed by atoms with Crippen molar-refractivity contribution in [2.24, 2.45) is 0 Å². The second kappa shape index (κ2) is 9.24. The molecule has 2 atom stereocenters. The van der Waals surface area contributed by atoms with Crippen molar-refractivity contribution in [2.75, 3.05) is 6.61 Å². The van der Waals surface area contributed by atoms with Gasteiger partial charge in [-0.15, -0.1) is 0 Å². The Bertz CT molecular complexity index is 539. The molecule has 0 unspecified atom stereocenters. The van der Waals surface area contributed by atoms with Gasteiger partial charge in [-0.05, 0) is 41.8 Å². The third kappa shape index (κ3) is 5.47. The van der Waals surface area contributed by atoms with Gasteiger partial charge in [0, 0.05) is 6.42 Å². The summed E-state index contributed by atoms with van der Waals surface area (Å²) in [5.41, 5.74) is 2.23. The molecule has 1 aliphatic heterocycles. The van der Waals surface area contributed by atoms with E-state index in [-0.39, 0.29) is 12.1 Å². The minimum atomic E-state index is -0.573. The van der Waals surface area contributed by atoms with Crippen LogP contribution in [0.15, 0.2) is 40.4 Å². The molecule has 0 saturated carbocycles. The van der Waals surface area contributed by atoms with Crippen LogP contribution in [0.25, 0.3) is 0 Å². The van der Waals surface area contributed by atoms with Crippen molar-refractivity contribution in [3.8, 4) is 0 Å². The van der Waals surface area contributed by atoms with Gasteiger partial charge in [-0.1, -0.05) is 59.6 Å². The van der Waals surface area contributed by atoms with Gasteiger partial charge in [0.05, 0.1) is 12.7 Å². The largest absolute Gasteiger partial charge is 0.464 e. The zero-order valence-corrected chi connectivity index (χ0v) is 15.5. The third-order valence-corrected chi connectivity index (χ3v) is 5.06. The zero-order chi connectivity index (χ0) is 16.7. The van der Waals surface area contributed by atoms with Crippen LogP contribution in [0, 0.1) is 0 Å². The maximum Gasteiger partial charge on any atom is 0.339 e. The number of hydrogen-bond acceptors (Lipinski definition) is 3. The molecule has 126 valence electrons. The highest BCUT2D eigenvalue weighted by Gasteiger charge is 2.32. The van der Waals surface area contributed by atoms with Crippen LogP contribution in [0.5, 0.6) is 0 Å². The Balaban J connectivity index is 1.92. The fraction of sp³-hybridized carbons (Fsp3) is 0.526. The van der Waals surface area contributed by atoms with E-state index in [2.05, 4.69) is 35.0 Å². The fourth-order valence-electron chi connectivity index (χ4n) is 2.61. The Morgan fingerprint density at radius 3 is 2.78 bits per heavy atom. The third-order valence-electron chi connectivity index (χ3n) is 4.11. The number of rotatable bonds is 7. The molecule has 0 N–H and O–H groups in total. The molecule has 0 saturated heterocycles. The van der Waals surface area contributed by atoms with E-state index >= 15 is 0 Å². The minimum Gasteiger partial charge on any atom is -0.464 e. The smallest absolute Gasteiger partial charge is 0.339 e. The Hall–Kier alpha value is -1.13. The minimum absolute atomic E-state index is 0.0389. The van der Waals surface area contributed by atoms with Crippen molar-refractivity contribution in [1.29, 1.82) is 0 Å². The zero-order valence-electron chi connectivity index (χ0n) is 13.9. The van der Waals surface area contributed by atoms with Crippen LogP contribution in [0.3, 0.4) is 0 Å². The highest BCUT2D eigenvalue weighted by atomic mass is 79.9. The summed E-state index contributed by atoms with van der Waals surface area (Å²) in [4.78, 5) is 12.2. The van der Waals surface area contributed by atoms with Crippen LogP contribution < -0.4 is 0 Å². The maximum atomic E-state index is 12.2. The molecule has 0 spiro atoms. The molecule has 0 fully saturated rings. The van der Waals surface area contributed by atoms with Crippen molar-refractivity contribution in [3.63, 3.8) is 0 Å². The summed E-state index contributed by atoms with van der Waals surface area (Å²) in [5, 5.41) is 0. The predicted molar refractivity (Wildman–Crippen MR) is 95.5 cm³/mol. The van der Waals surface area contributed by atoms with E-state index in [9.17, 15) is 4.79 Å². The quantitative estimate of drug-likeness (QED) is 0.503. The van der Waals surface area contributed by atoms with E-state index in [1.165, 1.54) is 5.56 Å². The Labute approximate surface area is 147 Å². The van der Waals surface area contributed by atoms with Gasteiger partial charge in [-0.25, -0.2) is 4.79 Å². The fourth-order valence-corrected chi connectivity index (χ4v) is 3.18. The van der Waals surface area contributed by atoms with Gasteiger partial charge < -0.3 is 9.47 Å². The van der Waals surface area contributed by atoms with Gasteiger partial charge in [-0.2, -0.15) is 0 Å². The predicted octanol–water partition coefficient (Wildman–Crippen LogP) is 4.79. The second-order valence-corrected chi connectivity index (χ2v) is 6.93. The molecule has 0 aliphatic carbocycles. The van der Waals surface area contributed by atoms with E-state index < -0.39 is 6.10 Å². The van der Waals surface area contributed by atoms with Crippen LogP contribution in [-0.4, -0.2) is 24.8 Å². The Morgan fingerprint density at radius 1 is 1.35 bits per heavy atom. The van der Waals surface area contributed by atoms with E-state index in [4.69, 9.17) is 9.47 Å². The maximum absolute atomic E-state index is 12.2. The van der Waals surface area contributed by atoms with Crippen molar-refractivity contribution in [1.82, 2.24) is 0 Å². The second-order valence-electron chi connectivity index (χ2n) is 5.98. The normalized spacial score (nSPS) is 21.3. The van der Waals surface area contributed by atoms with E-state index in [0.29, 0.717) is 6.61 Å². The van der Waals surface area contributed by atoms with Gasteiger partial charge in [0.15, 0.2) is 6.10 Å². The summed E-state index contributed by atoms with van der Waals surface area (Å²) in [5.74, 6) is -0.266. The SMILES string of the molecule is CCCCOC(=O)[C@H]1O[C@H](CCc2ccccc2)CC(Br)=C1C. The lowest BCUT2D eigenvalue weighted by molar-refractivity contribution is -0.159. The van der Waals surface area contributed by atoms with Crippen molar-refractivity contribution in [3.05, 3.63) is 46.0 Å². The number of unbranched alkanes of at least 4 members (excludes halogenated alkanes) is 1. The Morgan fingerprint density at radius 2 is 2.09 bits per heavy atom. The number of carbonyl (C=O) groups is 1. The first-order valence-electron chi connectivity index (χ1n) is 8.33. The number of benzene rings is 1. The van der Waals surface area contributed by atoms with Crippen molar-refractivity contribution < 1.29 is 14.3 Å². The first-order valence-corrected chi connectivity index (χ1v) is 9.12. The van der Waals surface area contributed by atoms with Crippen LogP contribution in [0.2, 0.25) is 0 Å². The van der Waals surface area contributed by atoms with Crippen LogP contribution >= 0.6 is 15.9 Å². The summed E-state index contributed by atoms with van der Waals surface area (Å²) < 4.78 is 12.4. The van der Waals surface area contributed by atoms with Crippen LogP contribution in [0.4, 0.5) is 0 Å². The number of ether oxygens (including phenoxy) is 2. The summed E-state index contributed by atoms with van der Waals surface area (Å²) in [6, 6.07) is 10.4. The molecule has 0 radical (unpaired) electrons. The summed E-state index contributed by atoms with van der Waals surface area (Å²) in [7, 11) is 0. The molecule has 1 aromatic rings. The van der Waals surface area contributed by atoms with Gasteiger partial charge in [0.25, 0.3) is 0 Å². The monoisotopic (exact) mass is 380 g/mol. The van der Waals surface area contributed by atoms with Gasteiger partial charge in [0.1, 0.15) is 0 Å². The van der Waals surface area contributed by atoms with E-state index in [1.807, 2.05) is 25.1 Å². The van der Waals surface area contributed by atoms with Gasteiger partial charge in [-0.3, -0.25) is 0 Å². The summed E-state index contributed by atoms with van der Waals surface area (Å²) in [6.45, 7) is 4.48. The molecule has 3 nitrogen and oxygen atoms in total. The lowest BCUT2D eigenvalue weighted by Crippen LogP contribution is -2.36. The molecular weight excluding hydrogens is 356 g/mol. The Kier molecular flexibility index (Phi) is 7.31. The number of halogens is 1. The number of esters is 1. The van der Waals surface area contributed by atoms with Gasteiger partial charge in [0.2, 0.25) is 0 Å². The molecule has 1 aliphatic rings. The first kappa shape index (κ1) is 18.2. The molecule has 1 aromatic carbocycles. The van der Waals surface area contributed by atoms with E-state index in [1.54, 1.807) is 0 Å². The molecule has 4 heteroatoms. The topological polar surface area (TPSA) is 35.5 Å². The molecular formula is C19H25BrO3. The molecule has 0 amide bonds. The summed E-state index contributed by atoms with van der Waals surface area (Å²) >= 11 is 3.60. The molecule has 0 aromatic heterocycles. The highest BCUT2D eigenvalue weighted by Crippen LogP contribution is 2.32. The van der Waals surface area contributed by atoms with Crippen molar-refractivity contribution in [2.45, 2.75) is 58.2 Å². The lowest BCUT2D eigenvalue weighted by atomic mass is 9.99. The molecule has 1 heterocycles. The van der Waals surface area contributed by atoms with E-state index in [0.717, 1.165) is 42.2 Å². The van der Waals surface area contributed by atoms with Crippen LogP contribution in [0.1, 0.15) is 45.1 Å². The standard InChI is InChI=1S/C19H25BrO3/c1-3-4-12-22-19(21)18-14(2)17(20)13-16(23-18)11-10-15-8-6-5-7-9-15/h5-9,16,18H,3-4,10-13H2,1-2H3/t16-,18+/m1/s1. The number of aryl methyl sites for hydroxylation is 1. The number of carbonyl (C=O) groups excluding carboxylic acids is 1.